The molecule has 0 radical (unpaired) electrons. The SMILES string of the molecule is CCS(=O)(=O)c1ccc(O)c(NC(=O)c2ccc(COc3ccc(C(=O)OC)cc3)o2)c1. The Morgan fingerprint density at radius 2 is 1.78 bits per heavy atom. The van der Waals surface area contributed by atoms with Crippen LogP contribution in [-0.2, 0) is 21.2 Å². The maximum absolute atomic E-state index is 12.5. The van der Waals surface area contributed by atoms with Crippen molar-refractivity contribution < 1.29 is 37.0 Å². The number of hydrogen-bond acceptors (Lipinski definition) is 8. The van der Waals surface area contributed by atoms with Gasteiger partial charge in [-0.1, -0.05) is 6.92 Å². The van der Waals surface area contributed by atoms with E-state index in [9.17, 15) is 23.1 Å². The zero-order chi connectivity index (χ0) is 23.3. The summed E-state index contributed by atoms with van der Waals surface area (Å²) in [5.74, 6) is -0.718. The van der Waals surface area contributed by atoms with Crippen LogP contribution >= 0.6 is 0 Å². The first-order valence-corrected chi connectivity index (χ1v) is 11.2. The minimum absolute atomic E-state index is 0.0140. The Bertz CT molecular complexity index is 1230. The highest BCUT2D eigenvalue weighted by molar-refractivity contribution is 7.91. The van der Waals surface area contributed by atoms with Crippen molar-refractivity contribution in [3.63, 3.8) is 0 Å². The lowest BCUT2D eigenvalue weighted by Crippen LogP contribution is -2.12. The van der Waals surface area contributed by atoms with Crippen molar-refractivity contribution in [1.82, 2.24) is 0 Å². The first-order chi connectivity index (χ1) is 15.2. The molecule has 0 spiro atoms. The summed E-state index contributed by atoms with van der Waals surface area (Å²) in [6, 6.07) is 13.0. The molecule has 1 amide bonds. The second kappa shape index (κ2) is 9.56. The summed E-state index contributed by atoms with van der Waals surface area (Å²) in [6.07, 6.45) is 0. The fourth-order valence-electron chi connectivity index (χ4n) is 2.70. The Hall–Kier alpha value is -3.79. The van der Waals surface area contributed by atoms with Gasteiger partial charge in [-0.25, -0.2) is 13.2 Å². The number of furan rings is 1. The summed E-state index contributed by atoms with van der Waals surface area (Å²) in [5, 5.41) is 12.4. The largest absolute Gasteiger partial charge is 0.506 e. The molecule has 0 aliphatic carbocycles. The summed E-state index contributed by atoms with van der Waals surface area (Å²) in [7, 11) is -2.21. The Morgan fingerprint density at radius 1 is 1.06 bits per heavy atom. The molecular weight excluding hydrogens is 438 g/mol. The molecule has 0 atom stereocenters. The summed E-state index contributed by atoms with van der Waals surface area (Å²) in [4.78, 5) is 23.9. The number of sulfone groups is 1. The number of aromatic hydroxyl groups is 1. The van der Waals surface area contributed by atoms with E-state index in [-0.39, 0.29) is 34.5 Å². The monoisotopic (exact) mass is 459 g/mol. The molecule has 168 valence electrons. The van der Waals surface area contributed by atoms with Crippen molar-refractivity contribution in [3.05, 3.63) is 71.7 Å². The van der Waals surface area contributed by atoms with E-state index in [0.717, 1.165) is 0 Å². The fourth-order valence-corrected chi connectivity index (χ4v) is 3.60. The van der Waals surface area contributed by atoms with Gasteiger partial charge in [0.15, 0.2) is 15.6 Å². The molecule has 0 bridgehead atoms. The highest BCUT2D eigenvalue weighted by Crippen LogP contribution is 2.27. The maximum atomic E-state index is 12.5. The first-order valence-electron chi connectivity index (χ1n) is 9.50. The highest BCUT2D eigenvalue weighted by Gasteiger charge is 2.18. The molecule has 0 saturated heterocycles. The number of ether oxygens (including phenoxy) is 2. The van der Waals surface area contributed by atoms with Gasteiger partial charge in [0, 0.05) is 0 Å². The lowest BCUT2D eigenvalue weighted by atomic mass is 10.2. The van der Waals surface area contributed by atoms with E-state index in [0.29, 0.717) is 17.1 Å². The van der Waals surface area contributed by atoms with Crippen LogP contribution in [0.25, 0.3) is 0 Å². The molecule has 3 rings (SSSR count). The predicted molar refractivity (Wildman–Crippen MR) is 115 cm³/mol. The van der Waals surface area contributed by atoms with Crippen LogP contribution < -0.4 is 10.1 Å². The number of phenols is 1. The van der Waals surface area contributed by atoms with Gasteiger partial charge < -0.3 is 24.3 Å². The van der Waals surface area contributed by atoms with Crippen LogP contribution in [0.5, 0.6) is 11.5 Å². The van der Waals surface area contributed by atoms with Crippen LogP contribution in [-0.4, -0.2) is 38.3 Å². The maximum Gasteiger partial charge on any atom is 0.337 e. The number of rotatable bonds is 8. The number of amides is 1. The number of hydrogen-bond donors (Lipinski definition) is 2. The molecule has 0 aliphatic rings. The fraction of sp³-hybridized carbons (Fsp3) is 0.182. The third-order valence-electron chi connectivity index (χ3n) is 4.50. The Balaban J connectivity index is 1.65. The first kappa shape index (κ1) is 22.9. The van der Waals surface area contributed by atoms with Gasteiger partial charge >= 0.3 is 5.97 Å². The number of esters is 1. The lowest BCUT2D eigenvalue weighted by molar-refractivity contribution is 0.0600. The number of benzene rings is 2. The lowest BCUT2D eigenvalue weighted by Gasteiger charge is -2.09. The predicted octanol–water partition coefficient (Wildman–Crippen LogP) is 3.40. The molecule has 9 nitrogen and oxygen atoms in total. The molecule has 3 aromatic rings. The number of phenolic OH excluding ortho intramolecular Hbond substituents is 1. The Labute approximate surface area is 184 Å². The second-order valence-corrected chi connectivity index (χ2v) is 8.89. The van der Waals surface area contributed by atoms with Gasteiger partial charge in [-0.3, -0.25) is 4.79 Å². The van der Waals surface area contributed by atoms with Crippen molar-refractivity contribution in [3.8, 4) is 11.5 Å². The molecule has 0 unspecified atom stereocenters. The molecule has 1 heterocycles. The van der Waals surface area contributed by atoms with E-state index >= 15 is 0 Å². The van der Waals surface area contributed by atoms with Crippen LogP contribution in [0, 0.1) is 0 Å². The van der Waals surface area contributed by atoms with Gasteiger partial charge in [-0.05, 0) is 54.6 Å². The van der Waals surface area contributed by atoms with E-state index in [4.69, 9.17) is 9.15 Å². The number of nitrogens with one attached hydrogen (secondary N) is 1. The highest BCUT2D eigenvalue weighted by atomic mass is 32.2. The summed E-state index contributed by atoms with van der Waals surface area (Å²) < 4.78 is 39.7. The molecule has 10 heteroatoms. The molecule has 1 aromatic heterocycles. The zero-order valence-electron chi connectivity index (χ0n) is 17.3. The van der Waals surface area contributed by atoms with Crippen molar-refractivity contribution in [2.24, 2.45) is 0 Å². The van der Waals surface area contributed by atoms with Crippen LogP contribution in [0.2, 0.25) is 0 Å². The molecular formula is C22H21NO8S. The topological polar surface area (TPSA) is 132 Å². The van der Waals surface area contributed by atoms with Gasteiger partial charge in [-0.2, -0.15) is 0 Å². The molecule has 0 fully saturated rings. The molecule has 0 saturated carbocycles. The van der Waals surface area contributed by atoms with Crippen LogP contribution in [0.15, 0.2) is 63.9 Å². The number of methoxy groups -OCH3 is 1. The summed E-state index contributed by atoms with van der Waals surface area (Å²) in [6.45, 7) is 1.53. The minimum Gasteiger partial charge on any atom is -0.506 e. The smallest absolute Gasteiger partial charge is 0.337 e. The Kier molecular flexibility index (Phi) is 6.84. The van der Waals surface area contributed by atoms with Crippen molar-refractivity contribution in [2.75, 3.05) is 18.2 Å². The van der Waals surface area contributed by atoms with Crippen molar-refractivity contribution in [1.29, 1.82) is 0 Å². The zero-order valence-corrected chi connectivity index (χ0v) is 18.1. The van der Waals surface area contributed by atoms with E-state index in [1.165, 1.54) is 38.3 Å². The normalized spacial score (nSPS) is 11.1. The Morgan fingerprint density at radius 3 is 2.44 bits per heavy atom. The van der Waals surface area contributed by atoms with E-state index in [1.807, 2.05) is 0 Å². The van der Waals surface area contributed by atoms with Gasteiger partial charge in [0.25, 0.3) is 5.91 Å². The van der Waals surface area contributed by atoms with Crippen LogP contribution in [0.4, 0.5) is 5.69 Å². The quantitative estimate of drug-likeness (QED) is 0.387. The standard InChI is InChI=1S/C22H21NO8S/c1-3-32(27,28)17-9-10-19(24)18(12-17)23-21(25)20-11-8-16(31-20)13-30-15-6-4-14(5-7-15)22(26)29-2/h4-12,24H,3,13H2,1-2H3,(H,23,25). The number of anilines is 1. The van der Waals surface area contributed by atoms with E-state index in [2.05, 4.69) is 10.1 Å². The molecule has 0 aliphatic heterocycles. The number of carbonyl (C=O) groups is 2. The van der Waals surface area contributed by atoms with Gasteiger partial charge in [0.1, 0.15) is 23.9 Å². The van der Waals surface area contributed by atoms with E-state index < -0.39 is 21.7 Å². The average Bonchev–Trinajstić information content (AvgIpc) is 3.28. The third kappa shape index (κ3) is 5.27. The second-order valence-electron chi connectivity index (χ2n) is 6.61. The van der Waals surface area contributed by atoms with Gasteiger partial charge in [-0.15, -0.1) is 0 Å². The van der Waals surface area contributed by atoms with E-state index in [1.54, 1.807) is 30.3 Å². The van der Waals surface area contributed by atoms with Gasteiger partial charge in [0.05, 0.1) is 29.0 Å². The minimum atomic E-state index is -3.50. The van der Waals surface area contributed by atoms with Crippen LogP contribution in [0.3, 0.4) is 0 Å². The van der Waals surface area contributed by atoms with Crippen molar-refractivity contribution >= 4 is 27.4 Å². The number of carbonyl (C=O) groups excluding carboxylic acids is 2. The third-order valence-corrected chi connectivity index (χ3v) is 6.23. The molecule has 2 aromatic carbocycles. The molecule has 32 heavy (non-hydrogen) atoms. The summed E-state index contributed by atoms with van der Waals surface area (Å²) >= 11 is 0. The van der Waals surface area contributed by atoms with Crippen LogP contribution in [0.1, 0.15) is 33.6 Å². The van der Waals surface area contributed by atoms with Crippen molar-refractivity contribution in [2.45, 2.75) is 18.4 Å². The van der Waals surface area contributed by atoms with Gasteiger partial charge in [0.2, 0.25) is 0 Å². The summed E-state index contributed by atoms with van der Waals surface area (Å²) in [5.41, 5.74) is 0.334. The molecule has 2 N–H and O–H groups in total. The average molecular weight is 459 g/mol.